The predicted molar refractivity (Wildman–Crippen MR) is 34.9 cm³/mol. The fourth-order valence-corrected chi connectivity index (χ4v) is 0.391. The molecule has 0 spiro atoms. The molecule has 11 heavy (non-hydrogen) atoms. The van der Waals surface area contributed by atoms with Gasteiger partial charge in [-0.1, -0.05) is 32.6 Å². The van der Waals surface area contributed by atoms with Gasteiger partial charge in [-0.3, -0.25) is 0 Å². The average molecular weight is 916 g/mol. The molecule has 0 radical (unpaired) electrons. The van der Waals surface area contributed by atoms with Gasteiger partial charge in [0.2, 0.25) is 0 Å². The summed E-state index contributed by atoms with van der Waals surface area (Å²) in [5, 5.41) is 8.41. The second-order valence-electron chi connectivity index (χ2n) is 2.90. The van der Waals surface area contributed by atoms with E-state index in [2.05, 4.69) is 20.8 Å². The van der Waals surface area contributed by atoms with Crippen molar-refractivity contribution in [3.63, 3.8) is 0 Å². The van der Waals surface area contributed by atoms with E-state index in [0.29, 0.717) is 0 Å². The van der Waals surface area contributed by atoms with Crippen molar-refractivity contribution in [2.75, 3.05) is 0 Å². The Labute approximate surface area is 51.7 Å². The second kappa shape index (κ2) is 6.96. The summed E-state index contributed by atoms with van der Waals surface area (Å²) in [5.41, 5.74) is 0.286. The van der Waals surface area contributed by atoms with Gasteiger partial charge in [-0.2, -0.15) is 6.42 Å². The third kappa shape index (κ3) is 10.9. The van der Waals surface area contributed by atoms with Crippen LogP contribution in [0.15, 0.2) is 0 Å². The Balaban J connectivity index is -0.0000000817. The summed E-state index contributed by atoms with van der Waals surface area (Å²) in [7, 11) is 0. The van der Waals surface area contributed by atoms with Gasteiger partial charge < -0.3 is 5.11 Å². The normalized spacial score (nSPS) is 8.73. The molecule has 0 saturated carbocycles. The molecule has 0 heterocycles. The van der Waals surface area contributed by atoms with E-state index in [0.717, 1.165) is 12.8 Å². The molecule has 4 heteroatoms. The molecule has 0 aromatic rings. The van der Waals surface area contributed by atoms with Crippen LogP contribution in [0, 0.1) is 12.0 Å². The minimum atomic E-state index is 0. The molecule has 0 aliphatic carbocycles. The molecule has 1 N–H and O–H groups in total. The number of aliphatic hydroxyl groups is 1. The molecule has 0 aromatic heterocycles. The fraction of sp³-hybridized carbons (Fsp3) is 0.857. The Morgan fingerprint density at radius 1 is 1.18 bits per heavy atom. The van der Waals surface area contributed by atoms with Crippen LogP contribution in [-0.4, -0.2) is 5.11 Å². The first-order valence-electron chi connectivity index (χ1n) is 3.08. The molecule has 0 aliphatic heterocycles. The van der Waals surface area contributed by atoms with Gasteiger partial charge in [-0.05, 0) is 0 Å². The monoisotopic (exact) mass is 916 g/mol. The summed E-state index contributed by atoms with van der Waals surface area (Å²) in [5.74, 6) is 0. The van der Waals surface area contributed by atoms with Gasteiger partial charge >= 0.3 is 0 Å². The molecule has 0 aromatic carbocycles. The quantitative estimate of drug-likeness (QED) is 0.432. The van der Waals surface area contributed by atoms with Crippen LogP contribution in [0.2, 0.25) is 0 Å². The van der Waals surface area contributed by atoms with Gasteiger partial charge in [0.1, 0.15) is 0 Å². The molecule has 0 bridgehead atoms. The third-order valence-electron chi connectivity index (χ3n) is 1.60. The standard InChI is InChI=1S/C7H15O.3Rf/c1-4-7(2,3)5-6-8;;;/h6,8H,4-5H2,1-3H3;;;/q-1;;;. The Morgan fingerprint density at radius 2 is 1.55 bits per heavy atom. The third-order valence-corrected chi connectivity index (χ3v) is 1.60. The molecular weight excluding hydrogens is 901 g/mol. The predicted octanol–water partition coefficient (Wildman–Crippen LogP) is 2.35. The Kier molecular flexibility index (Phi) is 15.6. The van der Waals surface area contributed by atoms with Crippen LogP contribution in [0.3, 0.4) is 0 Å². The zero-order chi connectivity index (χ0) is 6.62. The zero-order valence-electron chi connectivity index (χ0n) is 8.06. The summed E-state index contributed by atoms with van der Waals surface area (Å²) >= 11 is 0. The van der Waals surface area contributed by atoms with Gasteiger partial charge in [-0.15, -0.1) is 0 Å². The summed E-state index contributed by atoms with van der Waals surface area (Å²) in [6.45, 7) is 7.65. The van der Waals surface area contributed by atoms with E-state index in [-0.39, 0.29) is 5.41 Å². The SMILES string of the molecule is CCC(C)(C)C[CH-]O.[Rf].[Rf].[Rf]. The molecule has 0 atom stereocenters. The van der Waals surface area contributed by atoms with Gasteiger partial charge in [0.25, 0.3) is 0 Å². The van der Waals surface area contributed by atoms with Gasteiger partial charge in [0.15, 0.2) is 0 Å². The van der Waals surface area contributed by atoms with Crippen molar-refractivity contribution in [1.29, 1.82) is 0 Å². The van der Waals surface area contributed by atoms with Crippen LogP contribution in [-0.2, 0) is 0 Å². The maximum Gasteiger partial charge on any atom is 0 e. The maximum absolute atomic E-state index is 8.41. The minimum absolute atomic E-state index is 0. The summed E-state index contributed by atoms with van der Waals surface area (Å²) in [6, 6.07) is 0. The molecular formula is C7H15ORf3-. The summed E-state index contributed by atoms with van der Waals surface area (Å²) in [6.07, 6.45) is 1.91. The molecule has 1 nitrogen and oxygen atoms in total. The van der Waals surface area contributed by atoms with Crippen LogP contribution < -0.4 is 0 Å². The summed E-state index contributed by atoms with van der Waals surface area (Å²) in [4.78, 5) is 0. The van der Waals surface area contributed by atoms with E-state index in [1.54, 1.807) is 0 Å². The van der Waals surface area contributed by atoms with E-state index in [9.17, 15) is 0 Å². The molecule has 0 aliphatic rings. The topological polar surface area (TPSA) is 20.2 Å². The first kappa shape index (κ1) is 24.6. The minimum Gasteiger partial charge on any atom is -0.566 e. The molecule has 0 rings (SSSR count). The van der Waals surface area contributed by atoms with Crippen LogP contribution in [0.25, 0.3) is 0 Å². The number of hydrogen-bond acceptors (Lipinski definition) is 1. The van der Waals surface area contributed by atoms with Crippen LogP contribution >= 0.6 is 0 Å². The van der Waals surface area contributed by atoms with Crippen LogP contribution in [0.1, 0.15) is 33.6 Å². The first-order chi connectivity index (χ1) is 3.62. The fourth-order valence-electron chi connectivity index (χ4n) is 0.391. The Bertz CT molecular complexity index is 66.7. The molecule has 56 valence electrons. The van der Waals surface area contributed by atoms with Crippen molar-refractivity contribution in [1.82, 2.24) is 0 Å². The maximum atomic E-state index is 8.41. The summed E-state index contributed by atoms with van der Waals surface area (Å²) < 4.78 is 0. The van der Waals surface area contributed by atoms with Crippen molar-refractivity contribution in [2.45, 2.75) is 33.6 Å². The zero-order valence-corrected chi connectivity index (χ0v) is 27.3. The Hall–Kier alpha value is -3.04. The van der Waals surface area contributed by atoms with E-state index in [1.807, 2.05) is 0 Å². The van der Waals surface area contributed by atoms with E-state index in [1.165, 1.54) is 6.61 Å². The first-order valence-corrected chi connectivity index (χ1v) is 3.08. The van der Waals surface area contributed by atoms with E-state index in [4.69, 9.17) is 5.11 Å². The van der Waals surface area contributed by atoms with Gasteiger partial charge in [-0.25, -0.2) is 6.61 Å². The molecule has 0 unspecified atom stereocenters. The van der Waals surface area contributed by atoms with Gasteiger partial charge in [0.05, 0.1) is 0 Å². The molecule has 0 amide bonds. The van der Waals surface area contributed by atoms with Crippen molar-refractivity contribution >= 4 is 0 Å². The van der Waals surface area contributed by atoms with Crippen molar-refractivity contribution in [3.8, 4) is 0 Å². The van der Waals surface area contributed by atoms with Gasteiger partial charge in [0, 0.05) is 0 Å². The molecule has 0 saturated heterocycles. The smallest absolute Gasteiger partial charge is 0 e. The molecule has 0 fully saturated rings. The van der Waals surface area contributed by atoms with Crippen molar-refractivity contribution in [3.05, 3.63) is 6.61 Å². The van der Waals surface area contributed by atoms with Crippen LogP contribution in [0.4, 0.5) is 0 Å². The second-order valence-corrected chi connectivity index (χ2v) is 2.90. The number of hydrogen-bond donors (Lipinski definition) is 1. The van der Waals surface area contributed by atoms with Crippen LogP contribution in [0.5, 0.6) is 0 Å². The van der Waals surface area contributed by atoms with Crippen molar-refractivity contribution in [2.24, 2.45) is 5.41 Å². The number of rotatable bonds is 3. The van der Waals surface area contributed by atoms with E-state index >= 15 is 0 Å². The van der Waals surface area contributed by atoms with E-state index < -0.39 is 0 Å². The van der Waals surface area contributed by atoms with Crippen molar-refractivity contribution < 1.29 is 5.11 Å². The number of aliphatic hydroxyl groups excluding tert-OH is 1. The Morgan fingerprint density at radius 3 is 1.64 bits per heavy atom. The average Bonchev–Trinajstić information content (AvgIpc) is 1.67. The largest absolute Gasteiger partial charge is 0.566 e.